The SMILES string of the molecule is COc1cccc(CNC(=O)C(=O)NC[C@H](c2cccs2)N2CCc3ccccc3C2)c1. The summed E-state index contributed by atoms with van der Waals surface area (Å²) in [4.78, 5) is 28.4. The molecule has 4 rings (SSSR count). The first-order chi connectivity index (χ1) is 15.6. The topological polar surface area (TPSA) is 70.7 Å². The minimum Gasteiger partial charge on any atom is -0.497 e. The quantitative estimate of drug-likeness (QED) is 0.543. The highest BCUT2D eigenvalue weighted by Gasteiger charge is 2.26. The number of nitrogens with one attached hydrogen (secondary N) is 2. The molecule has 2 N–H and O–H groups in total. The van der Waals surface area contributed by atoms with Crippen LogP contribution in [-0.4, -0.2) is 36.9 Å². The summed E-state index contributed by atoms with van der Waals surface area (Å²) in [6, 6.07) is 20.0. The van der Waals surface area contributed by atoms with E-state index in [0.29, 0.717) is 12.3 Å². The summed E-state index contributed by atoms with van der Waals surface area (Å²) in [7, 11) is 1.59. The van der Waals surface area contributed by atoms with E-state index >= 15 is 0 Å². The first kappa shape index (κ1) is 22.0. The van der Waals surface area contributed by atoms with Crippen LogP contribution < -0.4 is 15.4 Å². The van der Waals surface area contributed by atoms with Crippen molar-refractivity contribution in [3.8, 4) is 5.75 Å². The minimum atomic E-state index is -0.637. The Bertz CT molecular complexity index is 1070. The van der Waals surface area contributed by atoms with E-state index in [1.165, 1.54) is 16.0 Å². The molecular formula is C25H27N3O3S. The van der Waals surface area contributed by atoms with Gasteiger partial charge in [-0.2, -0.15) is 0 Å². The number of hydrogen-bond acceptors (Lipinski definition) is 5. The average molecular weight is 450 g/mol. The van der Waals surface area contributed by atoms with Gasteiger partial charge >= 0.3 is 11.8 Å². The first-order valence-electron chi connectivity index (χ1n) is 10.7. The number of methoxy groups -OCH3 is 1. The predicted octanol–water partition coefficient (Wildman–Crippen LogP) is 3.29. The van der Waals surface area contributed by atoms with Crippen molar-refractivity contribution in [2.75, 3.05) is 20.2 Å². The molecule has 0 unspecified atom stereocenters. The van der Waals surface area contributed by atoms with Gasteiger partial charge in [-0.15, -0.1) is 11.3 Å². The van der Waals surface area contributed by atoms with Gasteiger partial charge in [-0.05, 0) is 46.7 Å². The number of rotatable bonds is 7. The second-order valence-electron chi connectivity index (χ2n) is 7.76. The number of amides is 2. The smallest absolute Gasteiger partial charge is 0.309 e. The molecule has 0 saturated heterocycles. The van der Waals surface area contributed by atoms with Crippen LogP contribution in [0.1, 0.15) is 27.6 Å². The van der Waals surface area contributed by atoms with Crippen LogP contribution in [0.2, 0.25) is 0 Å². The van der Waals surface area contributed by atoms with Crippen LogP contribution in [0.15, 0.2) is 66.0 Å². The molecule has 0 aliphatic carbocycles. The Hall–Kier alpha value is -3.16. The summed E-state index contributed by atoms with van der Waals surface area (Å²) in [5.41, 5.74) is 3.58. The molecule has 2 heterocycles. The van der Waals surface area contributed by atoms with Gasteiger partial charge in [0.1, 0.15) is 5.75 Å². The van der Waals surface area contributed by atoms with E-state index in [1.807, 2.05) is 35.7 Å². The van der Waals surface area contributed by atoms with Gasteiger partial charge in [-0.25, -0.2) is 0 Å². The Balaban J connectivity index is 1.36. The highest BCUT2D eigenvalue weighted by Crippen LogP contribution is 2.30. The Morgan fingerprint density at radius 3 is 2.62 bits per heavy atom. The molecule has 1 aliphatic rings. The van der Waals surface area contributed by atoms with Gasteiger partial charge in [0, 0.05) is 31.1 Å². The van der Waals surface area contributed by atoms with Gasteiger partial charge in [0.15, 0.2) is 0 Å². The van der Waals surface area contributed by atoms with Crippen LogP contribution in [0.5, 0.6) is 5.75 Å². The number of benzene rings is 2. The summed E-state index contributed by atoms with van der Waals surface area (Å²) >= 11 is 1.67. The van der Waals surface area contributed by atoms with Crippen LogP contribution in [0.4, 0.5) is 0 Å². The zero-order chi connectivity index (χ0) is 22.3. The Kier molecular flexibility index (Phi) is 7.19. The Morgan fingerprint density at radius 1 is 1.03 bits per heavy atom. The molecule has 32 heavy (non-hydrogen) atoms. The number of carbonyl (C=O) groups is 2. The molecule has 0 bridgehead atoms. The molecule has 6 nitrogen and oxygen atoms in total. The number of nitrogens with zero attached hydrogens (tertiary/aromatic N) is 1. The van der Waals surface area contributed by atoms with Crippen molar-refractivity contribution >= 4 is 23.2 Å². The zero-order valence-electron chi connectivity index (χ0n) is 18.0. The third-order valence-electron chi connectivity index (χ3n) is 5.72. The van der Waals surface area contributed by atoms with Crippen LogP contribution in [0.25, 0.3) is 0 Å². The normalized spacial score (nSPS) is 14.3. The van der Waals surface area contributed by atoms with E-state index in [0.717, 1.165) is 25.1 Å². The van der Waals surface area contributed by atoms with Gasteiger partial charge < -0.3 is 15.4 Å². The van der Waals surface area contributed by atoms with Crippen molar-refractivity contribution in [2.45, 2.75) is 25.6 Å². The lowest BCUT2D eigenvalue weighted by atomic mass is 9.98. The molecular weight excluding hydrogens is 422 g/mol. The van der Waals surface area contributed by atoms with E-state index in [-0.39, 0.29) is 12.6 Å². The molecule has 166 valence electrons. The summed E-state index contributed by atoms with van der Waals surface area (Å²) in [6.07, 6.45) is 0.979. The lowest BCUT2D eigenvalue weighted by Gasteiger charge is -2.35. The van der Waals surface area contributed by atoms with E-state index in [4.69, 9.17) is 4.74 Å². The number of carbonyl (C=O) groups excluding carboxylic acids is 2. The van der Waals surface area contributed by atoms with Crippen molar-refractivity contribution in [3.05, 3.63) is 87.6 Å². The highest BCUT2D eigenvalue weighted by molar-refractivity contribution is 7.10. The van der Waals surface area contributed by atoms with Crippen molar-refractivity contribution in [1.82, 2.24) is 15.5 Å². The van der Waals surface area contributed by atoms with Crippen LogP contribution in [0.3, 0.4) is 0 Å². The third-order valence-corrected chi connectivity index (χ3v) is 6.70. The Morgan fingerprint density at radius 2 is 1.84 bits per heavy atom. The number of thiophene rings is 1. The molecule has 2 aromatic carbocycles. The van der Waals surface area contributed by atoms with E-state index in [2.05, 4.69) is 45.9 Å². The van der Waals surface area contributed by atoms with Gasteiger partial charge in [-0.3, -0.25) is 14.5 Å². The standard InChI is InChI=1S/C25H27N3O3S/c1-31-21-9-4-6-18(14-21)15-26-24(29)25(30)27-16-22(23-10-5-13-32-23)28-12-11-19-7-2-3-8-20(19)17-28/h2-10,13-14,22H,11-12,15-17H2,1H3,(H,26,29)(H,27,30)/t22-/m1/s1. The van der Waals surface area contributed by atoms with Crippen molar-refractivity contribution in [3.63, 3.8) is 0 Å². The van der Waals surface area contributed by atoms with Gasteiger partial charge in [0.05, 0.1) is 13.2 Å². The fourth-order valence-electron chi connectivity index (χ4n) is 3.99. The maximum atomic E-state index is 12.5. The molecule has 1 aromatic heterocycles. The lowest BCUT2D eigenvalue weighted by Crippen LogP contribution is -2.44. The second-order valence-corrected chi connectivity index (χ2v) is 8.74. The average Bonchev–Trinajstić information content (AvgIpc) is 3.37. The van der Waals surface area contributed by atoms with Gasteiger partial charge in [0.2, 0.25) is 0 Å². The fraction of sp³-hybridized carbons (Fsp3) is 0.280. The third kappa shape index (κ3) is 5.36. The molecule has 1 atom stereocenters. The summed E-state index contributed by atoms with van der Waals surface area (Å²) < 4.78 is 5.19. The molecule has 0 spiro atoms. The second kappa shape index (κ2) is 10.4. The molecule has 0 saturated carbocycles. The van der Waals surface area contributed by atoms with E-state index in [9.17, 15) is 9.59 Å². The van der Waals surface area contributed by atoms with Crippen molar-refractivity contribution in [2.24, 2.45) is 0 Å². The van der Waals surface area contributed by atoms with Gasteiger partial charge in [-0.1, -0.05) is 42.5 Å². The molecule has 2 amide bonds. The van der Waals surface area contributed by atoms with Crippen LogP contribution >= 0.6 is 11.3 Å². The largest absolute Gasteiger partial charge is 0.497 e. The zero-order valence-corrected chi connectivity index (χ0v) is 18.9. The first-order valence-corrected chi connectivity index (χ1v) is 11.5. The van der Waals surface area contributed by atoms with Crippen LogP contribution in [-0.2, 0) is 29.1 Å². The monoisotopic (exact) mass is 449 g/mol. The maximum absolute atomic E-state index is 12.5. The Labute approximate surface area is 192 Å². The summed E-state index contributed by atoms with van der Waals surface area (Å²) in [5, 5.41) is 7.57. The fourth-order valence-corrected chi connectivity index (χ4v) is 4.85. The highest BCUT2D eigenvalue weighted by atomic mass is 32.1. The predicted molar refractivity (Wildman–Crippen MR) is 125 cm³/mol. The van der Waals surface area contributed by atoms with E-state index < -0.39 is 11.8 Å². The summed E-state index contributed by atoms with van der Waals surface area (Å²) in [6.45, 7) is 2.39. The minimum absolute atomic E-state index is 0.0264. The number of ether oxygens (including phenoxy) is 1. The number of fused-ring (bicyclic) bond motifs is 1. The molecule has 3 aromatic rings. The van der Waals surface area contributed by atoms with Crippen LogP contribution in [0, 0.1) is 0 Å². The molecule has 7 heteroatoms. The molecule has 0 fully saturated rings. The van der Waals surface area contributed by atoms with Crippen molar-refractivity contribution < 1.29 is 14.3 Å². The van der Waals surface area contributed by atoms with E-state index in [1.54, 1.807) is 18.4 Å². The van der Waals surface area contributed by atoms with Crippen molar-refractivity contribution in [1.29, 1.82) is 0 Å². The molecule has 1 aliphatic heterocycles. The molecule has 0 radical (unpaired) electrons. The number of hydrogen-bond donors (Lipinski definition) is 2. The maximum Gasteiger partial charge on any atom is 0.309 e. The summed E-state index contributed by atoms with van der Waals surface area (Å²) in [5.74, 6) is -0.545. The lowest BCUT2D eigenvalue weighted by molar-refractivity contribution is -0.139. The van der Waals surface area contributed by atoms with Gasteiger partial charge in [0.25, 0.3) is 0 Å².